The third-order valence-electron chi connectivity index (χ3n) is 1.91. The summed E-state index contributed by atoms with van der Waals surface area (Å²) >= 11 is 2.20. The average Bonchev–Trinajstić information content (AvgIpc) is 2.03. The number of hydrogen-bond acceptors (Lipinski definition) is 3. The summed E-state index contributed by atoms with van der Waals surface area (Å²) in [6, 6.07) is 0. The normalized spacial score (nSPS) is 11.5. The standard InChI is InChI=1S/C9H14IN3/c1-9(2,3)13(4)8-11-5-7(10)6-12-8/h5-6H,1-4H3. The monoisotopic (exact) mass is 291 g/mol. The Kier molecular flexibility index (Phi) is 3.10. The van der Waals surface area contributed by atoms with Crippen LogP contribution in [0.3, 0.4) is 0 Å². The molecule has 3 nitrogen and oxygen atoms in total. The maximum atomic E-state index is 4.25. The topological polar surface area (TPSA) is 29.0 Å². The molecule has 1 rings (SSSR count). The van der Waals surface area contributed by atoms with E-state index in [1.165, 1.54) is 0 Å². The van der Waals surface area contributed by atoms with Crippen LogP contribution in [0.5, 0.6) is 0 Å². The molecule has 0 aliphatic rings. The number of hydrogen-bond donors (Lipinski definition) is 0. The van der Waals surface area contributed by atoms with Crippen molar-refractivity contribution >= 4 is 28.5 Å². The van der Waals surface area contributed by atoms with Gasteiger partial charge in [-0.05, 0) is 43.4 Å². The molecule has 0 bridgehead atoms. The zero-order chi connectivity index (χ0) is 10.1. The van der Waals surface area contributed by atoms with Gasteiger partial charge in [-0.25, -0.2) is 9.97 Å². The van der Waals surface area contributed by atoms with Gasteiger partial charge in [0.1, 0.15) is 0 Å². The van der Waals surface area contributed by atoms with E-state index in [1.54, 1.807) is 0 Å². The lowest BCUT2D eigenvalue weighted by molar-refractivity contribution is 0.528. The van der Waals surface area contributed by atoms with Gasteiger partial charge in [-0.1, -0.05) is 0 Å². The Morgan fingerprint density at radius 2 is 1.69 bits per heavy atom. The number of aromatic nitrogens is 2. The van der Waals surface area contributed by atoms with Crippen molar-refractivity contribution < 1.29 is 0 Å². The highest BCUT2D eigenvalue weighted by molar-refractivity contribution is 14.1. The van der Waals surface area contributed by atoms with E-state index in [4.69, 9.17) is 0 Å². The van der Waals surface area contributed by atoms with Crippen molar-refractivity contribution in [2.75, 3.05) is 11.9 Å². The summed E-state index contributed by atoms with van der Waals surface area (Å²) in [4.78, 5) is 10.6. The minimum absolute atomic E-state index is 0.0623. The molecule has 13 heavy (non-hydrogen) atoms. The molecule has 0 radical (unpaired) electrons. The molecule has 0 atom stereocenters. The van der Waals surface area contributed by atoms with Gasteiger partial charge in [-0.15, -0.1) is 0 Å². The molecule has 4 heteroatoms. The molecule has 1 heterocycles. The lowest BCUT2D eigenvalue weighted by Crippen LogP contribution is -2.39. The highest BCUT2D eigenvalue weighted by Crippen LogP contribution is 2.16. The lowest BCUT2D eigenvalue weighted by Gasteiger charge is -2.31. The highest BCUT2D eigenvalue weighted by Gasteiger charge is 2.19. The Hall–Kier alpha value is -0.390. The van der Waals surface area contributed by atoms with Gasteiger partial charge in [0.05, 0.1) is 0 Å². The van der Waals surface area contributed by atoms with Crippen molar-refractivity contribution in [3.05, 3.63) is 16.0 Å². The van der Waals surface area contributed by atoms with E-state index in [-0.39, 0.29) is 5.54 Å². The van der Waals surface area contributed by atoms with Crippen LogP contribution >= 0.6 is 22.6 Å². The Balaban J connectivity index is 2.90. The Morgan fingerprint density at radius 1 is 1.23 bits per heavy atom. The van der Waals surface area contributed by atoms with E-state index in [9.17, 15) is 0 Å². The third-order valence-corrected chi connectivity index (χ3v) is 2.47. The summed E-state index contributed by atoms with van der Waals surface area (Å²) in [5.41, 5.74) is 0.0623. The molecule has 0 spiro atoms. The fourth-order valence-corrected chi connectivity index (χ4v) is 1.06. The van der Waals surface area contributed by atoms with E-state index in [2.05, 4.69) is 58.2 Å². The largest absolute Gasteiger partial charge is 0.339 e. The minimum atomic E-state index is 0.0623. The summed E-state index contributed by atoms with van der Waals surface area (Å²) < 4.78 is 1.06. The molecule has 0 saturated heterocycles. The summed E-state index contributed by atoms with van der Waals surface area (Å²) in [6.45, 7) is 6.40. The van der Waals surface area contributed by atoms with Crippen LogP contribution in [0.4, 0.5) is 5.95 Å². The Bertz CT molecular complexity index is 276. The Labute approximate surface area is 92.7 Å². The maximum absolute atomic E-state index is 4.25. The molecule has 72 valence electrons. The summed E-state index contributed by atoms with van der Waals surface area (Å²) in [6.07, 6.45) is 3.65. The van der Waals surface area contributed by atoms with Gasteiger partial charge >= 0.3 is 0 Å². The van der Waals surface area contributed by atoms with E-state index in [0.29, 0.717) is 0 Å². The second kappa shape index (κ2) is 3.77. The SMILES string of the molecule is CN(c1ncc(I)cn1)C(C)(C)C. The fraction of sp³-hybridized carbons (Fsp3) is 0.556. The van der Waals surface area contributed by atoms with Crippen molar-refractivity contribution in [1.82, 2.24) is 9.97 Å². The van der Waals surface area contributed by atoms with Crippen molar-refractivity contribution in [3.8, 4) is 0 Å². The lowest BCUT2D eigenvalue weighted by atomic mass is 10.1. The quantitative estimate of drug-likeness (QED) is 0.744. The maximum Gasteiger partial charge on any atom is 0.225 e. The molecule has 0 unspecified atom stereocenters. The molecule has 0 fully saturated rings. The number of nitrogens with zero attached hydrogens (tertiary/aromatic N) is 3. The van der Waals surface area contributed by atoms with Crippen LogP contribution in [0.1, 0.15) is 20.8 Å². The third kappa shape index (κ3) is 2.79. The molecule has 0 aliphatic carbocycles. The second-order valence-electron chi connectivity index (χ2n) is 3.93. The molecular weight excluding hydrogens is 277 g/mol. The van der Waals surface area contributed by atoms with Crippen LogP contribution in [-0.4, -0.2) is 22.6 Å². The van der Waals surface area contributed by atoms with Crippen LogP contribution in [0.15, 0.2) is 12.4 Å². The summed E-state index contributed by atoms with van der Waals surface area (Å²) in [5.74, 6) is 0.771. The molecule has 0 amide bonds. The first-order valence-electron chi connectivity index (χ1n) is 4.12. The van der Waals surface area contributed by atoms with Crippen LogP contribution in [0.2, 0.25) is 0 Å². The first kappa shape index (κ1) is 10.7. The smallest absolute Gasteiger partial charge is 0.225 e. The van der Waals surface area contributed by atoms with Crippen LogP contribution in [0.25, 0.3) is 0 Å². The molecule has 0 aromatic carbocycles. The predicted octanol–water partition coefficient (Wildman–Crippen LogP) is 2.32. The molecule has 0 saturated carbocycles. The molecule has 0 aliphatic heterocycles. The van der Waals surface area contributed by atoms with Crippen molar-refractivity contribution in [1.29, 1.82) is 0 Å². The Morgan fingerprint density at radius 3 is 2.08 bits per heavy atom. The van der Waals surface area contributed by atoms with Gasteiger partial charge < -0.3 is 4.90 Å². The summed E-state index contributed by atoms with van der Waals surface area (Å²) in [7, 11) is 2.00. The van der Waals surface area contributed by atoms with E-state index >= 15 is 0 Å². The summed E-state index contributed by atoms with van der Waals surface area (Å²) in [5, 5.41) is 0. The van der Waals surface area contributed by atoms with Crippen LogP contribution in [-0.2, 0) is 0 Å². The number of halogens is 1. The van der Waals surface area contributed by atoms with E-state index in [0.717, 1.165) is 9.52 Å². The number of anilines is 1. The van der Waals surface area contributed by atoms with Gasteiger partial charge in [-0.2, -0.15) is 0 Å². The molecule has 0 N–H and O–H groups in total. The predicted molar refractivity (Wildman–Crippen MR) is 62.9 cm³/mol. The fourth-order valence-electron chi connectivity index (χ4n) is 0.779. The first-order valence-corrected chi connectivity index (χ1v) is 5.20. The van der Waals surface area contributed by atoms with Crippen LogP contribution in [0, 0.1) is 3.57 Å². The zero-order valence-corrected chi connectivity index (χ0v) is 10.5. The van der Waals surface area contributed by atoms with Crippen molar-refractivity contribution in [2.45, 2.75) is 26.3 Å². The second-order valence-corrected chi connectivity index (χ2v) is 5.18. The van der Waals surface area contributed by atoms with Gasteiger partial charge in [0.2, 0.25) is 5.95 Å². The van der Waals surface area contributed by atoms with Gasteiger partial charge in [-0.3, -0.25) is 0 Å². The van der Waals surface area contributed by atoms with Gasteiger partial charge in [0, 0.05) is 28.6 Å². The van der Waals surface area contributed by atoms with Gasteiger partial charge in [0.25, 0.3) is 0 Å². The van der Waals surface area contributed by atoms with E-state index in [1.807, 2.05) is 19.4 Å². The minimum Gasteiger partial charge on any atom is -0.339 e. The molecular formula is C9H14IN3. The average molecular weight is 291 g/mol. The van der Waals surface area contributed by atoms with Crippen molar-refractivity contribution in [2.24, 2.45) is 0 Å². The zero-order valence-electron chi connectivity index (χ0n) is 8.37. The van der Waals surface area contributed by atoms with Gasteiger partial charge in [0.15, 0.2) is 0 Å². The van der Waals surface area contributed by atoms with E-state index < -0.39 is 0 Å². The highest BCUT2D eigenvalue weighted by atomic mass is 127. The number of rotatable bonds is 1. The molecule has 1 aromatic rings. The van der Waals surface area contributed by atoms with Crippen molar-refractivity contribution in [3.63, 3.8) is 0 Å². The first-order chi connectivity index (χ1) is 5.91. The van der Waals surface area contributed by atoms with Crippen LogP contribution < -0.4 is 4.90 Å². The molecule has 1 aromatic heterocycles.